The summed E-state index contributed by atoms with van der Waals surface area (Å²) in [5.41, 5.74) is -0.171. The van der Waals surface area contributed by atoms with Crippen LogP contribution in [0.3, 0.4) is 0 Å². The lowest BCUT2D eigenvalue weighted by Gasteiger charge is -2.31. The highest BCUT2D eigenvalue weighted by Gasteiger charge is 2.39. The summed E-state index contributed by atoms with van der Waals surface area (Å²) >= 11 is 1.67. The number of hydrogen-bond donors (Lipinski definition) is 2. The third-order valence-electron chi connectivity index (χ3n) is 2.94. The summed E-state index contributed by atoms with van der Waals surface area (Å²) in [4.78, 5) is 11.9. The molecule has 1 rings (SSSR count). The van der Waals surface area contributed by atoms with E-state index in [0.717, 1.165) is 12.0 Å². The van der Waals surface area contributed by atoms with Gasteiger partial charge in [0.2, 0.25) is 0 Å². The van der Waals surface area contributed by atoms with Gasteiger partial charge < -0.3 is 5.11 Å². The molecule has 1 aromatic carbocycles. The number of nitrogens with one attached hydrogen (secondary N) is 1. The van der Waals surface area contributed by atoms with Crippen molar-refractivity contribution in [2.24, 2.45) is 0 Å². The number of hydrogen-bond acceptors (Lipinski definition) is 3. The Balaban J connectivity index is 3.07. The Kier molecular flexibility index (Phi) is 6.38. The van der Waals surface area contributed by atoms with Crippen LogP contribution in [0.2, 0.25) is 0 Å². The zero-order chi connectivity index (χ0) is 14.3. The number of carboxylic acids is 1. The molecule has 0 aliphatic carbocycles. The predicted molar refractivity (Wildman–Crippen MR) is 81.6 cm³/mol. The molecule has 0 spiro atoms. The summed E-state index contributed by atoms with van der Waals surface area (Å²) in [6, 6.07) is 9.46. The van der Waals surface area contributed by atoms with E-state index in [4.69, 9.17) is 0 Å². The Labute approximate surface area is 119 Å². The first-order valence-corrected chi connectivity index (χ1v) is 7.73. The van der Waals surface area contributed by atoms with E-state index in [0.29, 0.717) is 17.5 Å². The van der Waals surface area contributed by atoms with E-state index in [2.05, 4.69) is 19.2 Å². The Morgan fingerprint density at radius 1 is 1.37 bits per heavy atom. The largest absolute Gasteiger partial charge is 0.480 e. The minimum absolute atomic E-state index is 0.408. The van der Waals surface area contributed by atoms with Crippen LogP contribution >= 0.6 is 11.8 Å². The lowest BCUT2D eigenvalue weighted by molar-refractivity contribution is -0.144. The maximum Gasteiger partial charge on any atom is 0.329 e. The monoisotopic (exact) mass is 281 g/mol. The van der Waals surface area contributed by atoms with E-state index < -0.39 is 11.5 Å². The van der Waals surface area contributed by atoms with Crippen LogP contribution in [-0.4, -0.2) is 28.6 Å². The third kappa shape index (κ3) is 4.25. The second-order valence-electron chi connectivity index (χ2n) is 4.86. The first-order chi connectivity index (χ1) is 9.03. The predicted octanol–water partition coefficient (Wildman–Crippen LogP) is 3.11. The van der Waals surface area contributed by atoms with Crippen molar-refractivity contribution in [3.05, 3.63) is 35.9 Å². The molecule has 0 amide bonds. The van der Waals surface area contributed by atoms with Gasteiger partial charge in [0, 0.05) is 5.75 Å². The summed E-state index contributed by atoms with van der Waals surface area (Å²) in [5.74, 6) is -0.274. The summed E-state index contributed by atoms with van der Waals surface area (Å²) in [5, 5.41) is 13.4. The van der Waals surface area contributed by atoms with Crippen LogP contribution in [0.4, 0.5) is 0 Å². The topological polar surface area (TPSA) is 49.3 Å². The zero-order valence-corrected chi connectivity index (χ0v) is 12.7. The highest BCUT2D eigenvalue weighted by atomic mass is 32.2. The van der Waals surface area contributed by atoms with Gasteiger partial charge >= 0.3 is 5.97 Å². The summed E-state index contributed by atoms with van der Waals surface area (Å²) in [6.45, 7) is 6.91. The Bertz CT molecular complexity index is 394. The smallest absolute Gasteiger partial charge is 0.329 e. The molecule has 1 unspecified atom stereocenters. The number of rotatable bonds is 8. The van der Waals surface area contributed by atoms with Crippen LogP contribution < -0.4 is 5.32 Å². The molecule has 0 aliphatic heterocycles. The number of carboxylic acid groups (broad SMARTS) is 1. The molecule has 0 saturated heterocycles. The first kappa shape index (κ1) is 16.1. The average molecular weight is 281 g/mol. The SMILES string of the molecule is CCCNC(CSC(C)C)(C(=O)O)c1ccccc1. The van der Waals surface area contributed by atoms with Crippen molar-refractivity contribution in [3.63, 3.8) is 0 Å². The molecule has 3 nitrogen and oxygen atoms in total. The van der Waals surface area contributed by atoms with E-state index in [-0.39, 0.29) is 0 Å². The van der Waals surface area contributed by atoms with Crippen LogP contribution in [0.15, 0.2) is 30.3 Å². The summed E-state index contributed by atoms with van der Waals surface area (Å²) in [6.07, 6.45) is 0.911. The second-order valence-corrected chi connectivity index (χ2v) is 6.43. The third-order valence-corrected chi connectivity index (χ3v) is 4.21. The van der Waals surface area contributed by atoms with E-state index in [1.807, 2.05) is 37.3 Å². The van der Waals surface area contributed by atoms with Gasteiger partial charge in [-0.2, -0.15) is 11.8 Å². The van der Waals surface area contributed by atoms with Gasteiger partial charge in [0.25, 0.3) is 0 Å². The van der Waals surface area contributed by atoms with Crippen molar-refractivity contribution in [1.29, 1.82) is 0 Å². The Hall–Kier alpha value is -1.00. The fourth-order valence-electron chi connectivity index (χ4n) is 1.85. The van der Waals surface area contributed by atoms with Gasteiger partial charge in [-0.15, -0.1) is 0 Å². The van der Waals surface area contributed by atoms with Gasteiger partial charge in [-0.05, 0) is 23.8 Å². The lowest BCUT2D eigenvalue weighted by Crippen LogP contribution is -2.51. The molecule has 1 atom stereocenters. The minimum Gasteiger partial charge on any atom is -0.480 e. The van der Waals surface area contributed by atoms with Gasteiger partial charge in [0.15, 0.2) is 5.54 Å². The number of benzene rings is 1. The summed E-state index contributed by atoms with van der Waals surface area (Å²) in [7, 11) is 0. The summed E-state index contributed by atoms with van der Waals surface area (Å²) < 4.78 is 0. The molecule has 19 heavy (non-hydrogen) atoms. The number of aliphatic carboxylic acids is 1. The maximum absolute atomic E-state index is 11.9. The van der Waals surface area contributed by atoms with E-state index >= 15 is 0 Å². The van der Waals surface area contributed by atoms with Gasteiger partial charge in [0.05, 0.1) is 0 Å². The van der Waals surface area contributed by atoms with Crippen LogP contribution in [-0.2, 0) is 10.3 Å². The van der Waals surface area contributed by atoms with Crippen molar-refractivity contribution in [2.75, 3.05) is 12.3 Å². The molecule has 0 radical (unpaired) electrons. The molecule has 0 heterocycles. The molecule has 0 bridgehead atoms. The van der Waals surface area contributed by atoms with Crippen LogP contribution in [0.1, 0.15) is 32.8 Å². The Morgan fingerprint density at radius 3 is 2.47 bits per heavy atom. The molecule has 0 aromatic heterocycles. The molecular weight excluding hydrogens is 258 g/mol. The van der Waals surface area contributed by atoms with Crippen LogP contribution in [0.5, 0.6) is 0 Å². The van der Waals surface area contributed by atoms with E-state index in [1.165, 1.54) is 0 Å². The lowest BCUT2D eigenvalue weighted by atomic mass is 9.91. The van der Waals surface area contributed by atoms with E-state index in [9.17, 15) is 9.90 Å². The zero-order valence-electron chi connectivity index (χ0n) is 11.8. The van der Waals surface area contributed by atoms with Crippen molar-refractivity contribution in [1.82, 2.24) is 5.32 Å². The minimum atomic E-state index is -0.994. The van der Waals surface area contributed by atoms with Crippen molar-refractivity contribution in [3.8, 4) is 0 Å². The highest BCUT2D eigenvalue weighted by molar-refractivity contribution is 7.99. The molecule has 0 fully saturated rings. The first-order valence-electron chi connectivity index (χ1n) is 6.68. The highest BCUT2D eigenvalue weighted by Crippen LogP contribution is 2.28. The average Bonchev–Trinajstić information content (AvgIpc) is 2.39. The quantitative estimate of drug-likeness (QED) is 0.768. The van der Waals surface area contributed by atoms with Gasteiger partial charge in [-0.25, -0.2) is 4.79 Å². The molecule has 4 heteroatoms. The van der Waals surface area contributed by atoms with Gasteiger partial charge in [-0.1, -0.05) is 51.1 Å². The molecule has 0 saturated carbocycles. The van der Waals surface area contributed by atoms with Crippen molar-refractivity contribution in [2.45, 2.75) is 38.0 Å². The normalized spacial score (nSPS) is 14.3. The van der Waals surface area contributed by atoms with Gasteiger partial charge in [0.1, 0.15) is 0 Å². The standard InChI is InChI=1S/C15H23NO2S/c1-4-10-16-15(14(17)18,11-19-12(2)3)13-8-6-5-7-9-13/h5-9,12,16H,4,10-11H2,1-3H3,(H,17,18). The molecule has 2 N–H and O–H groups in total. The molecule has 0 aliphatic rings. The Morgan fingerprint density at radius 2 is 2.00 bits per heavy atom. The fraction of sp³-hybridized carbons (Fsp3) is 0.533. The molecule has 106 valence electrons. The van der Waals surface area contributed by atoms with Crippen LogP contribution in [0.25, 0.3) is 0 Å². The second kappa shape index (κ2) is 7.56. The van der Waals surface area contributed by atoms with Crippen molar-refractivity contribution < 1.29 is 9.90 Å². The molecular formula is C15H23NO2S. The van der Waals surface area contributed by atoms with Crippen LogP contribution in [0, 0.1) is 0 Å². The van der Waals surface area contributed by atoms with Gasteiger partial charge in [-0.3, -0.25) is 5.32 Å². The maximum atomic E-state index is 11.9. The van der Waals surface area contributed by atoms with Crippen molar-refractivity contribution >= 4 is 17.7 Å². The van der Waals surface area contributed by atoms with E-state index in [1.54, 1.807) is 11.8 Å². The number of thioether (sulfide) groups is 1. The fourth-order valence-corrected chi connectivity index (χ4v) is 2.83. The number of carbonyl (C=O) groups is 1. The molecule has 1 aromatic rings.